The van der Waals surface area contributed by atoms with Gasteiger partial charge in [0.05, 0.1) is 0 Å². The normalized spacial score (nSPS) is 6.00. The number of rotatable bonds is 0. The molecule has 0 heterocycles. The molecule has 0 fully saturated rings. The minimum Gasteiger partial charge on any atom is -0.471 e. The smallest absolute Gasteiger partial charge is 0.129 e. The zero-order valence-corrected chi connectivity index (χ0v) is 9.00. The van der Waals surface area contributed by atoms with Crippen molar-refractivity contribution >= 4 is 21.0 Å². The Morgan fingerprint density at radius 2 is 1.25 bits per heavy atom. The second-order valence-corrected chi connectivity index (χ2v) is 3.67. The molecule has 0 amide bonds. The molecule has 0 saturated heterocycles. The van der Waals surface area contributed by atoms with Gasteiger partial charge in [-0.25, -0.2) is 0 Å². The molecule has 0 saturated carbocycles. The van der Waals surface area contributed by atoms with Crippen LogP contribution in [0.1, 0.15) is 0 Å². The third-order valence-electron chi connectivity index (χ3n) is 0. The predicted octanol–water partition coefficient (Wildman–Crippen LogP) is -2.44. The van der Waals surface area contributed by atoms with E-state index >= 15 is 0 Å². The van der Waals surface area contributed by atoms with Crippen molar-refractivity contribution in [3.63, 3.8) is 0 Å². The van der Waals surface area contributed by atoms with Crippen LogP contribution in [0.2, 0.25) is 0 Å². The Bertz CT molecular complexity index is 6.00. The summed E-state index contributed by atoms with van der Waals surface area (Å²) in [4.78, 5) is 0. The first-order valence-corrected chi connectivity index (χ1v) is 2.45. The molecule has 0 atom stereocenters. The molecule has 4 heteroatoms. The van der Waals surface area contributed by atoms with Crippen LogP contribution in [-0.4, -0.2) is 21.0 Å². The third kappa shape index (κ3) is 11.4. The molecule has 0 aromatic heterocycles. The second-order valence-electron chi connectivity index (χ2n) is 0.408. The Kier molecular flexibility index (Phi) is 19.9. The van der Waals surface area contributed by atoms with E-state index in [0.29, 0.717) is 0 Å². The van der Waals surface area contributed by atoms with Gasteiger partial charge in [0.25, 0.3) is 0 Å². The van der Waals surface area contributed by atoms with Gasteiger partial charge in [0.15, 0.2) is 0 Å². The number of hydrogen-bond donors (Lipinski definition) is 0. The quantitative estimate of drug-likeness (QED) is 0.446. The standard InChI is InChI=1S/H6OSi2.Pt/c2-1-3;/h2-3H3;. The Labute approximate surface area is 46.5 Å². The van der Waals surface area contributed by atoms with E-state index in [1.807, 2.05) is 0 Å². The van der Waals surface area contributed by atoms with E-state index in [1.54, 1.807) is 0 Å². The van der Waals surface area contributed by atoms with Crippen molar-refractivity contribution in [3.05, 3.63) is 0 Å². The molecule has 0 spiro atoms. The van der Waals surface area contributed by atoms with Crippen LogP contribution in [0.3, 0.4) is 0 Å². The maximum atomic E-state index is 4.53. The van der Waals surface area contributed by atoms with Crippen molar-refractivity contribution < 1.29 is 25.2 Å². The van der Waals surface area contributed by atoms with Gasteiger partial charge in [-0.15, -0.1) is 0 Å². The average molecular weight is 273 g/mol. The van der Waals surface area contributed by atoms with Gasteiger partial charge < -0.3 is 4.12 Å². The van der Waals surface area contributed by atoms with Crippen LogP contribution in [0.4, 0.5) is 0 Å². The van der Waals surface area contributed by atoms with Gasteiger partial charge >= 0.3 is 0 Å². The molecule has 4 heavy (non-hydrogen) atoms. The van der Waals surface area contributed by atoms with Crippen LogP contribution in [0.5, 0.6) is 0 Å². The van der Waals surface area contributed by atoms with Crippen molar-refractivity contribution in [1.82, 2.24) is 0 Å². The molecule has 0 radical (unpaired) electrons. The molecule has 0 N–H and O–H groups in total. The molecule has 1 nitrogen and oxygen atoms in total. The molecular weight excluding hydrogens is 267 g/mol. The zero-order chi connectivity index (χ0) is 2.71. The summed E-state index contributed by atoms with van der Waals surface area (Å²) in [6, 6.07) is 0. The predicted molar refractivity (Wildman–Crippen MR) is 21.0 cm³/mol. The van der Waals surface area contributed by atoms with Crippen LogP contribution < -0.4 is 0 Å². The molecule has 0 aromatic carbocycles. The largest absolute Gasteiger partial charge is 0.471 e. The molecule has 0 unspecified atom stereocenters. The molecule has 0 aromatic rings. The fourth-order valence-electron chi connectivity index (χ4n) is 0. The first-order chi connectivity index (χ1) is 1.41. The van der Waals surface area contributed by atoms with Gasteiger partial charge in [0.2, 0.25) is 0 Å². The fourth-order valence-corrected chi connectivity index (χ4v) is 0. The van der Waals surface area contributed by atoms with E-state index in [-0.39, 0.29) is 21.1 Å². The number of hydrogen-bond acceptors (Lipinski definition) is 1. The summed E-state index contributed by atoms with van der Waals surface area (Å²) in [6.07, 6.45) is 0. The minimum absolute atomic E-state index is 0. The molecule has 0 bridgehead atoms. The van der Waals surface area contributed by atoms with E-state index in [1.165, 1.54) is 0 Å². The van der Waals surface area contributed by atoms with E-state index in [9.17, 15) is 0 Å². The van der Waals surface area contributed by atoms with Gasteiger partial charge in [-0.2, -0.15) is 0 Å². The molecule has 0 aliphatic heterocycles. The van der Waals surface area contributed by atoms with E-state index in [4.69, 9.17) is 0 Å². The van der Waals surface area contributed by atoms with Crippen LogP contribution in [-0.2, 0) is 25.2 Å². The van der Waals surface area contributed by atoms with E-state index in [0.717, 1.165) is 21.0 Å². The molecular formula is H6OPtSi2. The van der Waals surface area contributed by atoms with Crippen molar-refractivity contribution in [2.24, 2.45) is 0 Å². The summed E-state index contributed by atoms with van der Waals surface area (Å²) in [5.74, 6) is 0. The van der Waals surface area contributed by atoms with Gasteiger partial charge in [0, 0.05) is 21.1 Å². The average Bonchev–Trinajstić information content (AvgIpc) is 0.918. The van der Waals surface area contributed by atoms with Gasteiger partial charge in [-0.3, -0.25) is 0 Å². The van der Waals surface area contributed by atoms with Crippen LogP contribution in [0, 0.1) is 0 Å². The van der Waals surface area contributed by atoms with Crippen LogP contribution in [0.15, 0.2) is 0 Å². The monoisotopic (exact) mass is 273 g/mol. The maximum absolute atomic E-state index is 4.53. The van der Waals surface area contributed by atoms with Crippen molar-refractivity contribution in [2.75, 3.05) is 0 Å². The SMILES string of the molecule is [Pt].[SiH3]O[SiH3]. The summed E-state index contributed by atoms with van der Waals surface area (Å²) < 4.78 is 4.53. The molecule has 0 aliphatic carbocycles. The first kappa shape index (κ1) is 8.91. The van der Waals surface area contributed by atoms with E-state index < -0.39 is 0 Å². The Morgan fingerprint density at radius 1 is 1.25 bits per heavy atom. The molecule has 30 valence electrons. The topological polar surface area (TPSA) is 9.23 Å². The van der Waals surface area contributed by atoms with Gasteiger partial charge in [-0.05, 0) is 0 Å². The van der Waals surface area contributed by atoms with Crippen LogP contribution >= 0.6 is 0 Å². The summed E-state index contributed by atoms with van der Waals surface area (Å²) in [5.41, 5.74) is 0. The molecule has 0 rings (SSSR count). The van der Waals surface area contributed by atoms with Crippen molar-refractivity contribution in [1.29, 1.82) is 0 Å². The summed E-state index contributed by atoms with van der Waals surface area (Å²) >= 11 is 0. The Balaban J connectivity index is 0. The second kappa shape index (κ2) is 8.94. The van der Waals surface area contributed by atoms with Gasteiger partial charge in [-0.1, -0.05) is 0 Å². The fraction of sp³-hybridized carbons (Fsp3) is 0. The summed E-state index contributed by atoms with van der Waals surface area (Å²) in [6.45, 7) is 0. The summed E-state index contributed by atoms with van der Waals surface area (Å²) in [5, 5.41) is 0. The van der Waals surface area contributed by atoms with Crippen molar-refractivity contribution in [2.45, 2.75) is 0 Å². The van der Waals surface area contributed by atoms with Gasteiger partial charge in [0.1, 0.15) is 21.0 Å². The van der Waals surface area contributed by atoms with Crippen molar-refractivity contribution in [3.8, 4) is 0 Å². The molecule has 0 aliphatic rings. The van der Waals surface area contributed by atoms with Crippen LogP contribution in [0.25, 0.3) is 0 Å². The zero-order valence-electron chi connectivity index (χ0n) is 2.72. The maximum Gasteiger partial charge on any atom is 0.129 e. The first-order valence-electron chi connectivity index (χ1n) is 0.816. The third-order valence-corrected chi connectivity index (χ3v) is 0. The minimum atomic E-state index is 0. The Morgan fingerprint density at radius 3 is 1.25 bits per heavy atom. The van der Waals surface area contributed by atoms with E-state index in [2.05, 4.69) is 4.12 Å². The summed E-state index contributed by atoms with van der Waals surface area (Å²) in [7, 11) is 1.86. The Hall–Kier alpha value is 1.08.